The lowest BCUT2D eigenvalue weighted by Gasteiger charge is -2.24. The molecule has 0 spiro atoms. The monoisotopic (exact) mass is 431 g/mol. The molecule has 1 aliphatic rings. The van der Waals surface area contributed by atoms with Crippen LogP contribution >= 0.6 is 15.9 Å². The van der Waals surface area contributed by atoms with E-state index in [1.165, 1.54) is 24.1 Å². The number of anilines is 1. The van der Waals surface area contributed by atoms with E-state index in [-0.39, 0.29) is 6.03 Å². The number of methoxy groups -OCH3 is 1. The summed E-state index contributed by atoms with van der Waals surface area (Å²) in [5.41, 5.74) is 3.35. The zero-order valence-electron chi connectivity index (χ0n) is 15.9. The molecule has 2 aromatic carbocycles. The first-order chi connectivity index (χ1) is 13.1. The topological polar surface area (TPSA) is 44.8 Å². The number of hydrogen-bond donors (Lipinski definition) is 1. The average molecular weight is 432 g/mol. The highest BCUT2D eigenvalue weighted by molar-refractivity contribution is 9.10. The summed E-state index contributed by atoms with van der Waals surface area (Å²) in [6.07, 6.45) is 2.47. The van der Waals surface area contributed by atoms with Gasteiger partial charge in [-0.15, -0.1) is 0 Å². The number of carbonyl (C=O) groups is 1. The first-order valence-electron chi connectivity index (χ1n) is 9.22. The van der Waals surface area contributed by atoms with Gasteiger partial charge < -0.3 is 19.9 Å². The van der Waals surface area contributed by atoms with E-state index < -0.39 is 0 Å². The lowest BCUT2D eigenvalue weighted by molar-refractivity contribution is 0.206. The number of nitrogens with zero attached hydrogens (tertiary/aromatic N) is 2. The van der Waals surface area contributed by atoms with Crippen LogP contribution in [-0.4, -0.2) is 38.2 Å². The summed E-state index contributed by atoms with van der Waals surface area (Å²) in [5, 5.41) is 2.98. The number of carbonyl (C=O) groups excluding carboxylic acids is 1. The Bertz CT molecular complexity index is 791. The van der Waals surface area contributed by atoms with Gasteiger partial charge in [0.05, 0.1) is 7.11 Å². The molecule has 144 valence electrons. The predicted molar refractivity (Wildman–Crippen MR) is 112 cm³/mol. The van der Waals surface area contributed by atoms with Crippen molar-refractivity contribution < 1.29 is 9.53 Å². The normalized spacial score (nSPS) is 13.5. The van der Waals surface area contributed by atoms with Gasteiger partial charge in [-0.1, -0.05) is 34.1 Å². The first-order valence-corrected chi connectivity index (χ1v) is 10.0. The fraction of sp³-hybridized carbons (Fsp3) is 0.381. The molecule has 2 amide bonds. The van der Waals surface area contributed by atoms with E-state index in [0.29, 0.717) is 13.1 Å². The van der Waals surface area contributed by atoms with Crippen molar-refractivity contribution in [3.05, 3.63) is 58.1 Å². The predicted octanol–water partition coefficient (Wildman–Crippen LogP) is 4.40. The second-order valence-electron chi connectivity index (χ2n) is 6.79. The number of hydrogen-bond acceptors (Lipinski definition) is 3. The van der Waals surface area contributed by atoms with Gasteiger partial charge in [0, 0.05) is 49.0 Å². The molecule has 0 aliphatic carbocycles. The summed E-state index contributed by atoms with van der Waals surface area (Å²) in [4.78, 5) is 16.7. The molecule has 0 bridgehead atoms. The highest BCUT2D eigenvalue weighted by Gasteiger charge is 2.17. The molecule has 0 atom stereocenters. The van der Waals surface area contributed by atoms with Gasteiger partial charge in [-0.3, -0.25) is 0 Å². The van der Waals surface area contributed by atoms with E-state index in [1.54, 1.807) is 12.0 Å². The van der Waals surface area contributed by atoms with Gasteiger partial charge in [0.1, 0.15) is 5.75 Å². The Morgan fingerprint density at radius 3 is 2.67 bits per heavy atom. The largest absolute Gasteiger partial charge is 0.496 e. The molecule has 0 radical (unpaired) electrons. The third-order valence-corrected chi connectivity index (χ3v) is 5.36. The van der Waals surface area contributed by atoms with Crippen LogP contribution in [0.25, 0.3) is 0 Å². The SMILES string of the molecule is COc1ccc(Br)cc1CNC(=O)N(C)Cc1ccccc1N1CCCC1. The van der Waals surface area contributed by atoms with Gasteiger partial charge in [-0.25, -0.2) is 4.79 Å². The molecule has 1 fully saturated rings. The third kappa shape index (κ3) is 4.95. The number of urea groups is 1. The Hall–Kier alpha value is -2.21. The quantitative estimate of drug-likeness (QED) is 0.736. The summed E-state index contributed by atoms with van der Waals surface area (Å²) in [7, 11) is 3.46. The van der Waals surface area contributed by atoms with Crippen LogP contribution in [0.1, 0.15) is 24.0 Å². The molecule has 0 aromatic heterocycles. The van der Waals surface area contributed by atoms with Crippen molar-refractivity contribution in [2.75, 3.05) is 32.1 Å². The maximum absolute atomic E-state index is 12.6. The molecule has 1 heterocycles. The van der Waals surface area contributed by atoms with Crippen molar-refractivity contribution in [2.45, 2.75) is 25.9 Å². The van der Waals surface area contributed by atoms with E-state index in [9.17, 15) is 4.79 Å². The molecule has 1 N–H and O–H groups in total. The molecular weight excluding hydrogens is 406 g/mol. The Balaban J connectivity index is 1.63. The third-order valence-electron chi connectivity index (χ3n) is 4.87. The number of benzene rings is 2. The van der Waals surface area contributed by atoms with Crippen molar-refractivity contribution in [3.8, 4) is 5.75 Å². The van der Waals surface area contributed by atoms with E-state index in [4.69, 9.17) is 4.74 Å². The van der Waals surface area contributed by atoms with E-state index in [1.807, 2.05) is 31.3 Å². The van der Waals surface area contributed by atoms with E-state index in [0.717, 1.165) is 28.9 Å². The van der Waals surface area contributed by atoms with Crippen molar-refractivity contribution in [1.82, 2.24) is 10.2 Å². The Morgan fingerprint density at radius 2 is 1.93 bits per heavy atom. The molecule has 3 rings (SSSR count). The van der Waals surface area contributed by atoms with Gasteiger partial charge in [-0.2, -0.15) is 0 Å². The minimum absolute atomic E-state index is 0.103. The molecule has 0 unspecified atom stereocenters. The lowest BCUT2D eigenvalue weighted by atomic mass is 10.1. The minimum Gasteiger partial charge on any atom is -0.496 e. The van der Waals surface area contributed by atoms with Gasteiger partial charge in [0.2, 0.25) is 0 Å². The second-order valence-corrected chi connectivity index (χ2v) is 7.71. The minimum atomic E-state index is -0.103. The van der Waals surface area contributed by atoms with Crippen LogP contribution in [0.2, 0.25) is 0 Å². The summed E-state index contributed by atoms with van der Waals surface area (Å²) in [6, 6.07) is 14.0. The highest BCUT2D eigenvalue weighted by Crippen LogP contribution is 2.26. The van der Waals surface area contributed by atoms with Crippen LogP contribution in [0, 0.1) is 0 Å². The fourth-order valence-electron chi connectivity index (χ4n) is 3.43. The van der Waals surface area contributed by atoms with Crippen LogP contribution in [0.4, 0.5) is 10.5 Å². The first kappa shape index (κ1) is 19.5. The zero-order chi connectivity index (χ0) is 19.2. The average Bonchev–Trinajstić information content (AvgIpc) is 3.21. The number of amides is 2. The fourth-order valence-corrected chi connectivity index (χ4v) is 3.84. The second kappa shape index (κ2) is 9.13. The number of ether oxygens (including phenoxy) is 1. The van der Waals surface area contributed by atoms with E-state index >= 15 is 0 Å². The van der Waals surface area contributed by atoms with Gasteiger partial charge in [0.15, 0.2) is 0 Å². The molecular formula is C21H26BrN3O2. The van der Waals surface area contributed by atoms with Crippen LogP contribution in [-0.2, 0) is 13.1 Å². The van der Waals surface area contributed by atoms with Crippen LogP contribution in [0.3, 0.4) is 0 Å². The van der Waals surface area contributed by atoms with Gasteiger partial charge in [0.25, 0.3) is 0 Å². The van der Waals surface area contributed by atoms with Crippen molar-refractivity contribution in [3.63, 3.8) is 0 Å². The van der Waals surface area contributed by atoms with Gasteiger partial charge in [-0.05, 0) is 42.7 Å². The summed E-state index contributed by atoms with van der Waals surface area (Å²) < 4.78 is 6.33. The van der Waals surface area contributed by atoms with Gasteiger partial charge >= 0.3 is 6.03 Å². The smallest absolute Gasteiger partial charge is 0.317 e. The van der Waals surface area contributed by atoms with Crippen LogP contribution < -0.4 is 15.0 Å². The maximum Gasteiger partial charge on any atom is 0.317 e. The molecule has 1 aliphatic heterocycles. The Labute approximate surface area is 169 Å². The van der Waals surface area contributed by atoms with Crippen LogP contribution in [0.5, 0.6) is 5.75 Å². The maximum atomic E-state index is 12.6. The van der Waals surface area contributed by atoms with E-state index in [2.05, 4.69) is 44.3 Å². The summed E-state index contributed by atoms with van der Waals surface area (Å²) >= 11 is 3.46. The molecule has 5 nitrogen and oxygen atoms in total. The molecule has 2 aromatic rings. The standard InChI is InChI=1S/C21H26BrN3O2/c1-24(15-16-7-3-4-8-19(16)25-11-5-6-12-25)21(26)23-14-17-13-18(22)9-10-20(17)27-2/h3-4,7-10,13H,5-6,11-12,14-15H2,1-2H3,(H,23,26). The molecule has 27 heavy (non-hydrogen) atoms. The number of para-hydroxylation sites is 1. The summed E-state index contributed by atoms with van der Waals surface area (Å²) in [6.45, 7) is 3.18. The Kier molecular flexibility index (Phi) is 6.61. The Morgan fingerprint density at radius 1 is 1.19 bits per heavy atom. The van der Waals surface area contributed by atoms with Crippen molar-refractivity contribution in [1.29, 1.82) is 0 Å². The highest BCUT2D eigenvalue weighted by atomic mass is 79.9. The summed E-state index contributed by atoms with van der Waals surface area (Å²) in [5.74, 6) is 0.764. The van der Waals surface area contributed by atoms with Crippen molar-refractivity contribution >= 4 is 27.6 Å². The zero-order valence-corrected chi connectivity index (χ0v) is 17.5. The lowest BCUT2D eigenvalue weighted by Crippen LogP contribution is -2.36. The number of halogens is 1. The molecule has 1 saturated heterocycles. The molecule has 0 saturated carbocycles. The number of nitrogens with one attached hydrogen (secondary N) is 1. The van der Waals surface area contributed by atoms with Crippen LogP contribution in [0.15, 0.2) is 46.9 Å². The molecule has 6 heteroatoms. The number of rotatable bonds is 6. The van der Waals surface area contributed by atoms with Crippen molar-refractivity contribution in [2.24, 2.45) is 0 Å².